The maximum Gasteiger partial charge on any atom is 0.326 e. The number of carbonyl (C=O) groups excluding carboxylic acids is 4. The van der Waals surface area contributed by atoms with Crippen LogP contribution in [0.15, 0.2) is 30.5 Å². The topological polar surface area (TPSA) is 201 Å². The quantitative estimate of drug-likeness (QED) is 0.187. The molecule has 39 heavy (non-hydrogen) atoms. The molecule has 0 bridgehead atoms. The Balaban J connectivity index is 1.71. The number of para-hydroxylation sites is 1. The molecule has 3 rings (SSSR count). The Morgan fingerprint density at radius 1 is 1.15 bits per heavy atom. The molecule has 4 amide bonds. The third-order valence-corrected chi connectivity index (χ3v) is 7.46. The van der Waals surface area contributed by atoms with Crippen LogP contribution in [0.5, 0.6) is 0 Å². The maximum absolute atomic E-state index is 13.2. The van der Waals surface area contributed by atoms with Crippen LogP contribution in [0.25, 0.3) is 10.9 Å². The van der Waals surface area contributed by atoms with E-state index in [1.807, 2.05) is 30.5 Å². The summed E-state index contributed by atoms with van der Waals surface area (Å²) < 4.78 is 0. The van der Waals surface area contributed by atoms with E-state index >= 15 is 0 Å². The molecule has 0 radical (unpaired) electrons. The standard InChI is InChI=1S/C26H36N6O6S/c1-39-12-10-17(27)25(36)32-11-4-7-21(32)24(35)30-19(8-9-22(28)33)23(34)31-20(26(37)38)13-15-14-29-18-6-3-2-5-16(15)18/h2-3,5-6,14,17,19-21,29H,4,7-13,27H2,1H3,(H2,28,33)(H,30,35)(H,31,34)(H,37,38). The lowest BCUT2D eigenvalue weighted by molar-refractivity contribution is -0.143. The van der Waals surface area contributed by atoms with Gasteiger partial charge in [-0.25, -0.2) is 4.79 Å². The molecule has 0 spiro atoms. The number of nitrogens with two attached hydrogens (primary N) is 2. The first-order chi connectivity index (χ1) is 18.6. The molecule has 0 saturated carbocycles. The molecule has 1 aromatic heterocycles. The van der Waals surface area contributed by atoms with Gasteiger partial charge in [0.2, 0.25) is 23.6 Å². The van der Waals surface area contributed by atoms with E-state index in [1.54, 1.807) is 18.0 Å². The summed E-state index contributed by atoms with van der Waals surface area (Å²) in [7, 11) is 0. The molecule has 4 atom stereocenters. The van der Waals surface area contributed by atoms with Gasteiger partial charge in [0, 0.05) is 36.5 Å². The van der Waals surface area contributed by atoms with Crippen LogP contribution in [-0.4, -0.2) is 87.3 Å². The molecule has 1 aromatic carbocycles. The van der Waals surface area contributed by atoms with E-state index in [1.165, 1.54) is 4.90 Å². The highest BCUT2D eigenvalue weighted by molar-refractivity contribution is 7.98. The van der Waals surface area contributed by atoms with E-state index in [4.69, 9.17) is 11.5 Å². The summed E-state index contributed by atoms with van der Waals surface area (Å²) in [4.78, 5) is 67.3. The summed E-state index contributed by atoms with van der Waals surface area (Å²) >= 11 is 1.57. The van der Waals surface area contributed by atoms with E-state index < -0.39 is 47.9 Å². The SMILES string of the molecule is CSCCC(N)C(=O)N1CCCC1C(=O)NC(CCC(N)=O)C(=O)NC(Cc1c[nH]c2ccccc12)C(=O)O. The molecule has 2 heterocycles. The number of carboxylic acids is 1. The summed E-state index contributed by atoms with van der Waals surface area (Å²) in [6, 6.07) is 3.32. The number of primary amides is 1. The number of carbonyl (C=O) groups is 5. The predicted octanol–water partition coefficient (Wildman–Crippen LogP) is 0.102. The second-order valence-corrected chi connectivity index (χ2v) is 10.6. The van der Waals surface area contributed by atoms with Crippen molar-refractivity contribution in [3.8, 4) is 0 Å². The van der Waals surface area contributed by atoms with Crippen LogP contribution in [0.3, 0.4) is 0 Å². The number of rotatable bonds is 14. The van der Waals surface area contributed by atoms with Crippen LogP contribution in [0.2, 0.25) is 0 Å². The van der Waals surface area contributed by atoms with Gasteiger partial charge in [-0.2, -0.15) is 11.8 Å². The number of carboxylic acid groups (broad SMARTS) is 1. The summed E-state index contributed by atoms with van der Waals surface area (Å²) in [5, 5.41) is 15.8. The monoisotopic (exact) mass is 560 g/mol. The number of likely N-dealkylation sites (tertiary alicyclic amines) is 1. The van der Waals surface area contributed by atoms with Crippen LogP contribution < -0.4 is 22.1 Å². The minimum atomic E-state index is -1.29. The number of amides is 4. The lowest BCUT2D eigenvalue weighted by Crippen LogP contribution is -2.57. The normalized spacial score (nSPS) is 17.4. The number of aromatic nitrogens is 1. The molecule has 4 unspecified atom stereocenters. The van der Waals surface area contributed by atoms with Gasteiger partial charge in [0.05, 0.1) is 6.04 Å². The first-order valence-electron chi connectivity index (χ1n) is 12.8. The highest BCUT2D eigenvalue weighted by Gasteiger charge is 2.38. The fourth-order valence-corrected chi connectivity index (χ4v) is 5.19. The zero-order valence-corrected chi connectivity index (χ0v) is 22.7. The van der Waals surface area contributed by atoms with Gasteiger partial charge in [-0.05, 0) is 49.3 Å². The average molecular weight is 561 g/mol. The molecular weight excluding hydrogens is 524 g/mol. The minimum absolute atomic E-state index is 0.000408. The fraction of sp³-hybridized carbons (Fsp3) is 0.500. The van der Waals surface area contributed by atoms with Crippen LogP contribution in [0, 0.1) is 0 Å². The third-order valence-electron chi connectivity index (χ3n) is 6.81. The van der Waals surface area contributed by atoms with E-state index in [9.17, 15) is 29.1 Å². The number of thioether (sulfide) groups is 1. The average Bonchev–Trinajstić information content (AvgIpc) is 3.56. The smallest absolute Gasteiger partial charge is 0.326 e. The Hall–Kier alpha value is -3.58. The van der Waals surface area contributed by atoms with Crippen molar-refractivity contribution in [1.29, 1.82) is 0 Å². The second-order valence-electron chi connectivity index (χ2n) is 9.61. The molecule has 2 aromatic rings. The number of aliphatic carboxylic acids is 1. The molecule has 1 saturated heterocycles. The van der Waals surface area contributed by atoms with Gasteiger partial charge in [-0.1, -0.05) is 18.2 Å². The van der Waals surface area contributed by atoms with Gasteiger partial charge in [0.1, 0.15) is 18.1 Å². The number of nitrogens with zero attached hydrogens (tertiary/aromatic N) is 1. The largest absolute Gasteiger partial charge is 0.480 e. The van der Waals surface area contributed by atoms with Crippen molar-refractivity contribution in [2.24, 2.45) is 11.5 Å². The zero-order chi connectivity index (χ0) is 28.5. The lowest BCUT2D eigenvalue weighted by atomic mass is 10.0. The van der Waals surface area contributed by atoms with Crippen molar-refractivity contribution in [1.82, 2.24) is 20.5 Å². The number of hydrogen-bond donors (Lipinski definition) is 6. The lowest BCUT2D eigenvalue weighted by Gasteiger charge is -2.28. The van der Waals surface area contributed by atoms with Crippen LogP contribution >= 0.6 is 11.8 Å². The number of H-pyrrole nitrogens is 1. The Bertz CT molecular complexity index is 1200. The molecule has 1 fully saturated rings. The summed E-state index contributed by atoms with van der Waals surface area (Å²) in [6.45, 7) is 0.369. The van der Waals surface area contributed by atoms with Crippen molar-refractivity contribution in [2.75, 3.05) is 18.6 Å². The first kappa shape index (κ1) is 30.0. The molecule has 8 N–H and O–H groups in total. The first-order valence-corrected chi connectivity index (χ1v) is 14.2. The molecule has 13 heteroatoms. The van der Waals surface area contributed by atoms with Gasteiger partial charge < -0.3 is 37.1 Å². The molecule has 212 valence electrons. The number of hydrogen-bond acceptors (Lipinski definition) is 7. The summed E-state index contributed by atoms with van der Waals surface area (Å²) in [6.07, 6.45) is 4.75. The van der Waals surface area contributed by atoms with Crippen LogP contribution in [-0.2, 0) is 30.4 Å². The summed E-state index contributed by atoms with van der Waals surface area (Å²) in [5.41, 5.74) is 12.8. The van der Waals surface area contributed by atoms with Crippen molar-refractivity contribution in [3.63, 3.8) is 0 Å². The third kappa shape index (κ3) is 7.96. The number of aromatic amines is 1. The van der Waals surface area contributed by atoms with E-state index in [0.29, 0.717) is 37.1 Å². The van der Waals surface area contributed by atoms with Gasteiger partial charge >= 0.3 is 5.97 Å². The number of fused-ring (bicyclic) bond motifs is 1. The fourth-order valence-electron chi connectivity index (χ4n) is 4.70. The maximum atomic E-state index is 13.2. The molecule has 12 nitrogen and oxygen atoms in total. The summed E-state index contributed by atoms with van der Waals surface area (Å²) in [5.74, 6) is -2.87. The van der Waals surface area contributed by atoms with Gasteiger partial charge in [-0.15, -0.1) is 0 Å². The van der Waals surface area contributed by atoms with Crippen LogP contribution in [0.4, 0.5) is 0 Å². The predicted molar refractivity (Wildman–Crippen MR) is 148 cm³/mol. The van der Waals surface area contributed by atoms with Gasteiger partial charge in [-0.3, -0.25) is 19.2 Å². The highest BCUT2D eigenvalue weighted by Crippen LogP contribution is 2.21. The number of benzene rings is 1. The Kier molecular flexibility index (Phi) is 10.8. The molecule has 1 aliphatic rings. The van der Waals surface area contributed by atoms with Gasteiger partial charge in [0.15, 0.2) is 0 Å². The van der Waals surface area contributed by atoms with Gasteiger partial charge in [0.25, 0.3) is 0 Å². The zero-order valence-electron chi connectivity index (χ0n) is 21.9. The van der Waals surface area contributed by atoms with E-state index in [-0.39, 0.29) is 25.2 Å². The van der Waals surface area contributed by atoms with Crippen molar-refractivity contribution in [2.45, 2.75) is 62.7 Å². The van der Waals surface area contributed by atoms with E-state index in [2.05, 4.69) is 15.6 Å². The minimum Gasteiger partial charge on any atom is -0.480 e. The van der Waals surface area contributed by atoms with Crippen molar-refractivity contribution >= 4 is 52.3 Å². The Labute approximate surface area is 230 Å². The molecule has 1 aliphatic heterocycles. The molecular formula is C26H36N6O6S. The second kappa shape index (κ2) is 14.0. The van der Waals surface area contributed by atoms with Crippen LogP contribution in [0.1, 0.15) is 37.7 Å². The Morgan fingerprint density at radius 2 is 1.90 bits per heavy atom. The highest BCUT2D eigenvalue weighted by atomic mass is 32.2. The van der Waals surface area contributed by atoms with E-state index in [0.717, 1.165) is 10.9 Å². The van der Waals surface area contributed by atoms with Crippen molar-refractivity contribution < 1.29 is 29.1 Å². The Morgan fingerprint density at radius 3 is 2.59 bits per heavy atom. The number of nitrogens with one attached hydrogen (secondary N) is 3. The van der Waals surface area contributed by atoms with Crippen molar-refractivity contribution in [3.05, 3.63) is 36.0 Å². The molecule has 0 aliphatic carbocycles.